The van der Waals surface area contributed by atoms with Crippen LogP contribution in [0.4, 0.5) is 19.0 Å². The number of nitrogen functional groups attached to an aromatic ring is 1. The van der Waals surface area contributed by atoms with Crippen molar-refractivity contribution >= 4 is 21.7 Å². The van der Waals surface area contributed by atoms with Crippen LogP contribution in [-0.2, 0) is 13.2 Å². The molecule has 0 fully saturated rings. The molecule has 2 aromatic rings. The van der Waals surface area contributed by atoms with Gasteiger partial charge >= 0.3 is 6.18 Å². The summed E-state index contributed by atoms with van der Waals surface area (Å²) in [6, 6.07) is 5.35. The van der Waals surface area contributed by atoms with Crippen molar-refractivity contribution in [3.63, 3.8) is 0 Å². The minimum atomic E-state index is -4.44. The number of rotatable bonds is 1. The Morgan fingerprint density at radius 3 is 2.44 bits per heavy atom. The molecular formula is C11H9BrF3N3. The summed E-state index contributed by atoms with van der Waals surface area (Å²) >= 11 is 3.03. The van der Waals surface area contributed by atoms with Gasteiger partial charge in [0.2, 0.25) is 0 Å². The molecule has 3 nitrogen and oxygen atoms in total. The van der Waals surface area contributed by atoms with E-state index in [0.717, 1.165) is 6.07 Å². The Labute approximate surface area is 110 Å². The Bertz CT molecular complexity index is 570. The lowest BCUT2D eigenvalue weighted by atomic mass is 10.0. The molecule has 1 aromatic heterocycles. The van der Waals surface area contributed by atoms with Crippen LogP contribution in [0.25, 0.3) is 11.3 Å². The van der Waals surface area contributed by atoms with Crippen LogP contribution in [0, 0.1) is 0 Å². The van der Waals surface area contributed by atoms with Crippen LogP contribution in [0.1, 0.15) is 5.56 Å². The number of alkyl halides is 3. The van der Waals surface area contributed by atoms with E-state index in [2.05, 4.69) is 21.0 Å². The number of nitrogens with zero attached hydrogens (tertiary/aromatic N) is 2. The number of aromatic nitrogens is 2. The van der Waals surface area contributed by atoms with E-state index in [9.17, 15) is 13.2 Å². The number of nitrogens with two attached hydrogens (primary N) is 1. The highest BCUT2D eigenvalue weighted by Gasteiger charge is 2.34. The monoisotopic (exact) mass is 319 g/mol. The Kier molecular flexibility index (Phi) is 3.10. The van der Waals surface area contributed by atoms with Crippen LogP contribution >= 0.6 is 15.9 Å². The van der Waals surface area contributed by atoms with Crippen LogP contribution in [0.5, 0.6) is 0 Å². The highest BCUT2D eigenvalue weighted by Crippen LogP contribution is 2.38. The Morgan fingerprint density at radius 1 is 1.28 bits per heavy atom. The maximum atomic E-state index is 12.9. The highest BCUT2D eigenvalue weighted by atomic mass is 79.9. The summed E-state index contributed by atoms with van der Waals surface area (Å²) in [5.74, 6) is 0.307. The molecule has 96 valence electrons. The standard InChI is InChI=1S/C11H9BrF3N3/c1-18-10(16)5-9(17-18)7-3-2-6(12)4-8(7)11(13,14)15/h2-5H,16H2,1H3. The first kappa shape index (κ1) is 12.9. The molecule has 2 N–H and O–H groups in total. The second kappa shape index (κ2) is 4.31. The molecule has 0 aliphatic heterocycles. The molecule has 0 saturated heterocycles. The fraction of sp³-hybridized carbons (Fsp3) is 0.182. The van der Waals surface area contributed by atoms with Gasteiger partial charge in [0.1, 0.15) is 5.82 Å². The summed E-state index contributed by atoms with van der Waals surface area (Å²) in [4.78, 5) is 0. The lowest BCUT2D eigenvalue weighted by molar-refractivity contribution is -0.137. The molecule has 1 heterocycles. The van der Waals surface area contributed by atoms with Crippen LogP contribution < -0.4 is 5.73 Å². The summed E-state index contributed by atoms with van der Waals surface area (Å²) < 4.78 is 40.5. The van der Waals surface area contributed by atoms with E-state index in [1.807, 2.05) is 0 Å². The Balaban J connectivity index is 2.64. The topological polar surface area (TPSA) is 43.8 Å². The molecule has 1 aromatic carbocycles. The second-order valence-electron chi connectivity index (χ2n) is 3.77. The quantitative estimate of drug-likeness (QED) is 0.875. The van der Waals surface area contributed by atoms with E-state index < -0.39 is 11.7 Å². The van der Waals surface area contributed by atoms with Crippen molar-refractivity contribution < 1.29 is 13.2 Å². The average Bonchev–Trinajstić information content (AvgIpc) is 2.57. The van der Waals surface area contributed by atoms with Crippen molar-refractivity contribution in [3.8, 4) is 11.3 Å². The average molecular weight is 320 g/mol. The number of benzene rings is 1. The third kappa shape index (κ3) is 2.35. The molecule has 0 unspecified atom stereocenters. The van der Waals surface area contributed by atoms with Crippen molar-refractivity contribution in [2.45, 2.75) is 6.18 Å². The number of anilines is 1. The lowest BCUT2D eigenvalue weighted by Crippen LogP contribution is -2.07. The Morgan fingerprint density at radius 2 is 1.94 bits per heavy atom. The number of hydrogen-bond acceptors (Lipinski definition) is 2. The van der Waals surface area contributed by atoms with Gasteiger partial charge in [0.15, 0.2) is 0 Å². The van der Waals surface area contributed by atoms with E-state index in [0.29, 0.717) is 10.3 Å². The second-order valence-corrected chi connectivity index (χ2v) is 4.68. The van der Waals surface area contributed by atoms with E-state index in [4.69, 9.17) is 5.73 Å². The third-order valence-corrected chi connectivity index (χ3v) is 2.97. The summed E-state index contributed by atoms with van der Waals surface area (Å²) in [5, 5.41) is 3.96. The zero-order chi connectivity index (χ0) is 13.5. The number of halogens is 4. The fourth-order valence-corrected chi connectivity index (χ4v) is 1.95. The van der Waals surface area contributed by atoms with E-state index in [-0.39, 0.29) is 11.3 Å². The van der Waals surface area contributed by atoms with Crippen molar-refractivity contribution in [1.82, 2.24) is 9.78 Å². The first-order chi connectivity index (χ1) is 8.29. The zero-order valence-corrected chi connectivity index (χ0v) is 10.9. The van der Waals surface area contributed by atoms with Crippen molar-refractivity contribution in [2.75, 3.05) is 5.73 Å². The maximum absolute atomic E-state index is 12.9. The minimum absolute atomic E-state index is 0.0120. The molecule has 0 spiro atoms. The molecule has 0 atom stereocenters. The molecule has 0 aliphatic rings. The van der Waals surface area contributed by atoms with Crippen LogP contribution in [0.3, 0.4) is 0 Å². The summed E-state index contributed by atoms with van der Waals surface area (Å²) in [7, 11) is 1.57. The molecule has 0 amide bonds. The van der Waals surface area contributed by atoms with Gasteiger partial charge in [-0.25, -0.2) is 0 Å². The van der Waals surface area contributed by atoms with Crippen LogP contribution in [0.2, 0.25) is 0 Å². The molecule has 0 aliphatic carbocycles. The first-order valence-corrected chi connectivity index (χ1v) is 5.75. The highest BCUT2D eigenvalue weighted by molar-refractivity contribution is 9.10. The van der Waals surface area contributed by atoms with Gasteiger partial charge in [-0.2, -0.15) is 18.3 Å². The van der Waals surface area contributed by atoms with Crippen molar-refractivity contribution in [1.29, 1.82) is 0 Å². The maximum Gasteiger partial charge on any atom is 0.417 e. The number of hydrogen-bond donors (Lipinski definition) is 1. The van der Waals surface area contributed by atoms with Gasteiger partial charge in [-0.3, -0.25) is 4.68 Å². The molecule has 18 heavy (non-hydrogen) atoms. The predicted molar refractivity (Wildman–Crippen MR) is 65.8 cm³/mol. The smallest absolute Gasteiger partial charge is 0.384 e. The summed E-state index contributed by atoms with van der Waals surface area (Å²) in [6.07, 6.45) is -4.44. The predicted octanol–water partition coefficient (Wildman–Crippen LogP) is 3.45. The van der Waals surface area contributed by atoms with Crippen molar-refractivity contribution in [3.05, 3.63) is 34.3 Å². The summed E-state index contributed by atoms with van der Waals surface area (Å²) in [6.45, 7) is 0. The fourth-order valence-electron chi connectivity index (χ4n) is 1.59. The van der Waals surface area contributed by atoms with Gasteiger partial charge in [0.25, 0.3) is 0 Å². The zero-order valence-electron chi connectivity index (χ0n) is 9.29. The minimum Gasteiger partial charge on any atom is -0.384 e. The normalized spacial score (nSPS) is 11.8. The summed E-state index contributed by atoms with van der Waals surface area (Å²) in [5.41, 5.74) is 5.05. The van der Waals surface area contributed by atoms with Gasteiger partial charge in [-0.15, -0.1) is 0 Å². The SMILES string of the molecule is Cn1nc(-c2ccc(Br)cc2C(F)(F)F)cc1N. The van der Waals surface area contributed by atoms with Crippen molar-refractivity contribution in [2.24, 2.45) is 7.05 Å². The van der Waals surface area contributed by atoms with E-state index in [1.54, 1.807) is 7.05 Å². The molecule has 2 rings (SSSR count). The van der Waals surface area contributed by atoms with Gasteiger partial charge in [0.05, 0.1) is 11.3 Å². The van der Waals surface area contributed by atoms with Crippen LogP contribution in [0.15, 0.2) is 28.7 Å². The molecule has 7 heteroatoms. The lowest BCUT2D eigenvalue weighted by Gasteiger charge is -2.11. The third-order valence-electron chi connectivity index (χ3n) is 2.48. The Hall–Kier alpha value is -1.50. The van der Waals surface area contributed by atoms with Gasteiger partial charge < -0.3 is 5.73 Å². The van der Waals surface area contributed by atoms with E-state index in [1.165, 1.54) is 22.9 Å². The van der Waals surface area contributed by atoms with Gasteiger partial charge in [-0.1, -0.05) is 22.0 Å². The first-order valence-electron chi connectivity index (χ1n) is 4.95. The van der Waals surface area contributed by atoms with Crippen LogP contribution in [-0.4, -0.2) is 9.78 Å². The molecular weight excluding hydrogens is 311 g/mol. The van der Waals surface area contributed by atoms with E-state index >= 15 is 0 Å². The number of aryl methyl sites for hydroxylation is 1. The molecule has 0 saturated carbocycles. The molecule has 0 bridgehead atoms. The molecule has 0 radical (unpaired) electrons. The van der Waals surface area contributed by atoms with Gasteiger partial charge in [-0.05, 0) is 12.1 Å². The van der Waals surface area contributed by atoms with Gasteiger partial charge in [0, 0.05) is 23.2 Å². The largest absolute Gasteiger partial charge is 0.417 e.